The standard InChI is InChI=1S/C27H29N5O4/c1-3-32(4-2)20-10-7-17(8-11-20)26(34)31-23(22-6-5-15-36-22)24(33)27(35)30-19-9-12-21-18(16-19)13-14-29-25(21)28/h5-16,23-24,33H,3-4H2,1-2H3,(H2,28,29)(H,30,35)(H,31,34)/t23-,24+/m0/s1. The molecular formula is C27H29N5O4. The molecule has 2 aromatic heterocycles. The van der Waals surface area contributed by atoms with E-state index in [-0.39, 0.29) is 5.76 Å². The van der Waals surface area contributed by atoms with Gasteiger partial charge in [-0.15, -0.1) is 0 Å². The van der Waals surface area contributed by atoms with E-state index in [1.807, 2.05) is 12.1 Å². The molecular weight excluding hydrogens is 458 g/mol. The summed E-state index contributed by atoms with van der Waals surface area (Å²) in [5, 5.41) is 17.9. The fourth-order valence-electron chi connectivity index (χ4n) is 4.06. The Labute approximate surface area is 208 Å². The fourth-order valence-corrected chi connectivity index (χ4v) is 4.06. The number of hydrogen-bond acceptors (Lipinski definition) is 7. The van der Waals surface area contributed by atoms with E-state index in [0.29, 0.717) is 17.1 Å². The molecule has 4 rings (SSSR count). The Kier molecular flexibility index (Phi) is 7.50. The summed E-state index contributed by atoms with van der Waals surface area (Å²) in [6, 6.07) is 16.2. The summed E-state index contributed by atoms with van der Waals surface area (Å²) in [6.07, 6.45) is 1.38. The number of aliphatic hydroxyl groups excluding tert-OH is 1. The lowest BCUT2D eigenvalue weighted by atomic mass is 10.1. The predicted molar refractivity (Wildman–Crippen MR) is 140 cm³/mol. The normalized spacial score (nSPS) is 12.6. The minimum atomic E-state index is -1.62. The SMILES string of the molecule is CCN(CC)c1ccc(C(=O)N[C@@H](c2ccco2)[C@@H](O)C(=O)Nc2ccc3c(N)nccc3c2)cc1. The van der Waals surface area contributed by atoms with Crippen molar-refractivity contribution in [2.45, 2.75) is 26.0 Å². The van der Waals surface area contributed by atoms with Crippen LogP contribution in [-0.2, 0) is 4.79 Å². The highest BCUT2D eigenvalue weighted by molar-refractivity contribution is 6.00. The molecule has 0 saturated carbocycles. The third kappa shape index (κ3) is 5.31. The van der Waals surface area contributed by atoms with Crippen LogP contribution in [0.3, 0.4) is 0 Å². The third-order valence-electron chi connectivity index (χ3n) is 6.04. The molecule has 0 spiro atoms. The number of anilines is 3. The Balaban J connectivity index is 1.51. The number of fused-ring (bicyclic) bond motifs is 1. The molecule has 0 aliphatic carbocycles. The molecule has 0 fully saturated rings. The molecule has 2 atom stereocenters. The average molecular weight is 488 g/mol. The molecule has 9 heteroatoms. The van der Waals surface area contributed by atoms with Crippen LogP contribution in [0.2, 0.25) is 0 Å². The number of nitrogens with two attached hydrogens (primary N) is 1. The second-order valence-corrected chi connectivity index (χ2v) is 8.25. The zero-order valence-corrected chi connectivity index (χ0v) is 20.1. The van der Waals surface area contributed by atoms with Crippen molar-refractivity contribution in [1.29, 1.82) is 0 Å². The van der Waals surface area contributed by atoms with Gasteiger partial charge in [0.1, 0.15) is 17.6 Å². The first-order valence-electron chi connectivity index (χ1n) is 11.7. The lowest BCUT2D eigenvalue weighted by Crippen LogP contribution is -2.42. The van der Waals surface area contributed by atoms with E-state index < -0.39 is 24.0 Å². The van der Waals surface area contributed by atoms with Gasteiger partial charge in [-0.05, 0) is 79.9 Å². The molecule has 2 amide bonds. The molecule has 0 bridgehead atoms. The number of nitrogens with one attached hydrogen (secondary N) is 2. The van der Waals surface area contributed by atoms with Crippen molar-refractivity contribution in [1.82, 2.24) is 10.3 Å². The van der Waals surface area contributed by atoms with Crippen LogP contribution < -0.4 is 21.3 Å². The molecule has 9 nitrogen and oxygen atoms in total. The highest BCUT2D eigenvalue weighted by Crippen LogP contribution is 2.24. The van der Waals surface area contributed by atoms with E-state index in [4.69, 9.17) is 10.2 Å². The summed E-state index contributed by atoms with van der Waals surface area (Å²) >= 11 is 0. The molecule has 0 radical (unpaired) electrons. The molecule has 0 aliphatic heterocycles. The smallest absolute Gasteiger partial charge is 0.255 e. The Morgan fingerprint density at radius 1 is 1.08 bits per heavy atom. The summed E-state index contributed by atoms with van der Waals surface area (Å²) in [4.78, 5) is 32.2. The van der Waals surface area contributed by atoms with Crippen LogP contribution in [0.5, 0.6) is 0 Å². The molecule has 0 unspecified atom stereocenters. The topological polar surface area (TPSA) is 134 Å². The van der Waals surface area contributed by atoms with Gasteiger partial charge in [-0.25, -0.2) is 4.98 Å². The highest BCUT2D eigenvalue weighted by Gasteiger charge is 2.31. The minimum absolute atomic E-state index is 0.253. The highest BCUT2D eigenvalue weighted by atomic mass is 16.3. The number of nitrogen functional groups attached to an aromatic ring is 1. The van der Waals surface area contributed by atoms with Gasteiger partial charge in [0.15, 0.2) is 6.10 Å². The van der Waals surface area contributed by atoms with Crippen molar-refractivity contribution in [3.63, 3.8) is 0 Å². The maximum absolute atomic E-state index is 13.0. The van der Waals surface area contributed by atoms with E-state index in [0.717, 1.165) is 29.5 Å². The number of aliphatic hydroxyl groups is 1. The van der Waals surface area contributed by atoms with Crippen molar-refractivity contribution in [3.05, 3.63) is 84.4 Å². The summed E-state index contributed by atoms with van der Waals surface area (Å²) in [7, 11) is 0. The summed E-state index contributed by atoms with van der Waals surface area (Å²) in [5.74, 6) is -0.503. The Morgan fingerprint density at radius 2 is 1.83 bits per heavy atom. The lowest BCUT2D eigenvalue weighted by Gasteiger charge is -2.23. The van der Waals surface area contributed by atoms with E-state index >= 15 is 0 Å². The molecule has 2 heterocycles. The van der Waals surface area contributed by atoms with Crippen LogP contribution in [0.1, 0.15) is 36.0 Å². The quantitative estimate of drug-likeness (QED) is 0.283. The molecule has 4 aromatic rings. The van der Waals surface area contributed by atoms with E-state index in [1.54, 1.807) is 54.7 Å². The summed E-state index contributed by atoms with van der Waals surface area (Å²) in [5.41, 5.74) is 7.76. The van der Waals surface area contributed by atoms with Crippen molar-refractivity contribution >= 4 is 39.8 Å². The van der Waals surface area contributed by atoms with Gasteiger partial charge in [-0.3, -0.25) is 9.59 Å². The predicted octanol–water partition coefficient (Wildman–Crippen LogP) is 3.73. The van der Waals surface area contributed by atoms with Gasteiger partial charge < -0.3 is 30.8 Å². The molecule has 36 heavy (non-hydrogen) atoms. The van der Waals surface area contributed by atoms with Crippen LogP contribution in [0.25, 0.3) is 10.8 Å². The number of amides is 2. The van der Waals surface area contributed by atoms with Crippen LogP contribution >= 0.6 is 0 Å². The van der Waals surface area contributed by atoms with Crippen molar-refractivity contribution < 1.29 is 19.1 Å². The van der Waals surface area contributed by atoms with Crippen molar-refractivity contribution in [2.75, 3.05) is 29.0 Å². The van der Waals surface area contributed by atoms with Crippen LogP contribution in [0.15, 0.2) is 77.5 Å². The zero-order valence-electron chi connectivity index (χ0n) is 20.1. The largest absolute Gasteiger partial charge is 0.467 e. The van der Waals surface area contributed by atoms with E-state index in [1.165, 1.54) is 6.26 Å². The van der Waals surface area contributed by atoms with Gasteiger partial charge in [-0.2, -0.15) is 0 Å². The van der Waals surface area contributed by atoms with Crippen molar-refractivity contribution in [2.24, 2.45) is 0 Å². The second kappa shape index (κ2) is 10.9. The van der Waals surface area contributed by atoms with Gasteiger partial charge in [0, 0.05) is 41.6 Å². The molecule has 0 saturated heterocycles. The summed E-state index contributed by atoms with van der Waals surface area (Å²) < 4.78 is 5.42. The maximum atomic E-state index is 13.0. The number of hydrogen-bond donors (Lipinski definition) is 4. The number of carbonyl (C=O) groups excluding carboxylic acids is 2. The number of carbonyl (C=O) groups is 2. The van der Waals surface area contributed by atoms with Gasteiger partial charge >= 0.3 is 0 Å². The Morgan fingerprint density at radius 3 is 2.50 bits per heavy atom. The third-order valence-corrected chi connectivity index (χ3v) is 6.04. The Bertz CT molecular complexity index is 1330. The zero-order chi connectivity index (χ0) is 25.7. The number of nitrogens with zero attached hydrogens (tertiary/aromatic N) is 2. The van der Waals surface area contributed by atoms with E-state index in [2.05, 4.69) is 34.4 Å². The number of pyridine rings is 1. The fraction of sp³-hybridized carbons (Fsp3) is 0.222. The lowest BCUT2D eigenvalue weighted by molar-refractivity contribution is -0.125. The second-order valence-electron chi connectivity index (χ2n) is 8.25. The van der Waals surface area contributed by atoms with Gasteiger partial charge in [0.05, 0.1) is 6.26 Å². The van der Waals surface area contributed by atoms with Crippen LogP contribution in [0, 0.1) is 0 Å². The average Bonchev–Trinajstić information content (AvgIpc) is 3.43. The minimum Gasteiger partial charge on any atom is -0.467 e. The van der Waals surface area contributed by atoms with Gasteiger partial charge in [0.2, 0.25) is 0 Å². The first kappa shape index (κ1) is 24.7. The first-order chi connectivity index (χ1) is 17.4. The number of furan rings is 1. The van der Waals surface area contributed by atoms with Crippen LogP contribution in [-0.4, -0.2) is 41.1 Å². The monoisotopic (exact) mass is 487 g/mol. The number of benzene rings is 2. The first-order valence-corrected chi connectivity index (χ1v) is 11.7. The van der Waals surface area contributed by atoms with Crippen LogP contribution in [0.4, 0.5) is 17.2 Å². The molecule has 186 valence electrons. The maximum Gasteiger partial charge on any atom is 0.255 e. The summed E-state index contributed by atoms with van der Waals surface area (Å²) in [6.45, 7) is 5.83. The molecule has 2 aromatic carbocycles. The van der Waals surface area contributed by atoms with E-state index in [9.17, 15) is 14.7 Å². The van der Waals surface area contributed by atoms with Gasteiger partial charge in [-0.1, -0.05) is 0 Å². The molecule has 0 aliphatic rings. The van der Waals surface area contributed by atoms with Gasteiger partial charge in [0.25, 0.3) is 11.8 Å². The number of aromatic nitrogens is 1. The molecule has 5 N–H and O–H groups in total. The number of rotatable bonds is 9. The van der Waals surface area contributed by atoms with Crippen molar-refractivity contribution in [3.8, 4) is 0 Å². The Hall–Kier alpha value is -4.37.